The number of nitrogens with zero attached hydrogens (tertiary/aromatic N) is 1. The molecule has 5 heteroatoms. The van der Waals surface area contributed by atoms with Crippen LogP contribution in [0.15, 0.2) is 54.6 Å². The Morgan fingerprint density at radius 1 is 1.00 bits per heavy atom. The molecule has 1 fully saturated rings. The fourth-order valence-electron chi connectivity index (χ4n) is 4.31. The highest BCUT2D eigenvalue weighted by Gasteiger charge is 2.35. The van der Waals surface area contributed by atoms with Gasteiger partial charge in [-0.1, -0.05) is 42.8 Å². The molecule has 0 radical (unpaired) electrons. The third kappa shape index (κ3) is 3.93. The van der Waals surface area contributed by atoms with E-state index in [1.54, 1.807) is 0 Å². The molecule has 0 saturated carbocycles. The van der Waals surface area contributed by atoms with Crippen molar-refractivity contribution in [1.82, 2.24) is 4.90 Å². The van der Waals surface area contributed by atoms with Gasteiger partial charge in [0.15, 0.2) is 0 Å². The smallest absolute Gasteiger partial charge is 0.289 e. The standard InChI is InChI=1S/C22H21F4N/c23-19-10-16(9-18(13-19)22(24,25)26)17-11-20-7-4-8-21(12-17)27(20)14-15-5-2-1-3-6-15/h1-3,5-6,9-11,13,20-21H,4,7-8,12,14H2. The lowest BCUT2D eigenvalue weighted by atomic mass is 9.82. The van der Waals surface area contributed by atoms with Gasteiger partial charge in [0.05, 0.1) is 5.56 Å². The summed E-state index contributed by atoms with van der Waals surface area (Å²) in [6.07, 6.45) is 1.27. The van der Waals surface area contributed by atoms with E-state index in [-0.39, 0.29) is 12.1 Å². The molecule has 0 aliphatic carbocycles. The summed E-state index contributed by atoms with van der Waals surface area (Å²) in [6.45, 7) is 0.830. The van der Waals surface area contributed by atoms with Gasteiger partial charge < -0.3 is 0 Å². The van der Waals surface area contributed by atoms with Gasteiger partial charge in [0.2, 0.25) is 0 Å². The zero-order chi connectivity index (χ0) is 19.0. The molecule has 2 aliphatic heterocycles. The second-order valence-corrected chi connectivity index (χ2v) is 7.43. The molecule has 0 N–H and O–H groups in total. The topological polar surface area (TPSA) is 3.24 Å². The molecule has 2 aliphatic rings. The molecular formula is C22H21F4N. The lowest BCUT2D eigenvalue weighted by molar-refractivity contribution is -0.137. The van der Waals surface area contributed by atoms with Gasteiger partial charge in [-0.3, -0.25) is 4.90 Å². The number of hydrogen-bond donors (Lipinski definition) is 0. The summed E-state index contributed by atoms with van der Waals surface area (Å²) in [6, 6.07) is 13.5. The fraction of sp³-hybridized carbons (Fsp3) is 0.364. The van der Waals surface area contributed by atoms with Gasteiger partial charge in [-0.2, -0.15) is 13.2 Å². The van der Waals surface area contributed by atoms with Gasteiger partial charge in [0.1, 0.15) is 5.82 Å². The van der Waals surface area contributed by atoms with Gasteiger partial charge >= 0.3 is 6.18 Å². The third-order valence-electron chi connectivity index (χ3n) is 5.59. The molecule has 2 unspecified atom stereocenters. The van der Waals surface area contributed by atoms with Crippen LogP contribution in [0.3, 0.4) is 0 Å². The number of halogens is 4. The molecule has 27 heavy (non-hydrogen) atoms. The minimum absolute atomic E-state index is 0.185. The van der Waals surface area contributed by atoms with Gasteiger partial charge in [-0.05, 0) is 54.2 Å². The predicted octanol–water partition coefficient (Wildman–Crippen LogP) is 6.05. The van der Waals surface area contributed by atoms with Crippen molar-refractivity contribution in [3.8, 4) is 0 Å². The van der Waals surface area contributed by atoms with Crippen LogP contribution >= 0.6 is 0 Å². The largest absolute Gasteiger partial charge is 0.416 e. The van der Waals surface area contributed by atoms with Crippen LogP contribution in [0.4, 0.5) is 17.6 Å². The Kier molecular flexibility index (Phi) is 4.81. The van der Waals surface area contributed by atoms with E-state index in [1.807, 2.05) is 24.3 Å². The van der Waals surface area contributed by atoms with E-state index in [4.69, 9.17) is 0 Å². The van der Waals surface area contributed by atoms with Crippen LogP contribution in [-0.2, 0) is 12.7 Å². The molecule has 142 valence electrons. The Bertz CT molecular complexity index is 841. The average Bonchev–Trinajstić information content (AvgIpc) is 2.61. The summed E-state index contributed by atoms with van der Waals surface area (Å²) < 4.78 is 53.0. The Hall–Kier alpha value is -2.14. The Morgan fingerprint density at radius 3 is 2.48 bits per heavy atom. The van der Waals surface area contributed by atoms with E-state index in [0.717, 1.165) is 37.4 Å². The molecule has 2 heterocycles. The normalized spacial score (nSPS) is 23.2. The average molecular weight is 375 g/mol. The first-order valence-electron chi connectivity index (χ1n) is 9.29. The van der Waals surface area contributed by atoms with Crippen LogP contribution < -0.4 is 0 Å². The lowest BCUT2D eigenvalue weighted by Crippen LogP contribution is -2.47. The van der Waals surface area contributed by atoms with Crippen molar-refractivity contribution >= 4 is 5.57 Å². The van der Waals surface area contributed by atoms with Crippen LogP contribution in [0.25, 0.3) is 5.57 Å². The summed E-state index contributed by atoms with van der Waals surface area (Å²) in [5, 5.41) is 0. The first-order chi connectivity index (χ1) is 12.9. The Balaban J connectivity index is 1.64. The maximum atomic E-state index is 13.8. The molecule has 2 aromatic carbocycles. The van der Waals surface area contributed by atoms with Crippen molar-refractivity contribution in [2.24, 2.45) is 0 Å². The maximum absolute atomic E-state index is 13.8. The van der Waals surface area contributed by atoms with Crippen molar-refractivity contribution in [2.45, 2.75) is 50.5 Å². The van der Waals surface area contributed by atoms with Gasteiger partial charge in [-0.25, -0.2) is 4.39 Å². The second-order valence-electron chi connectivity index (χ2n) is 7.43. The SMILES string of the molecule is Fc1cc(C2=CC3CCCC(C2)N3Cc2ccccc2)cc(C(F)(F)F)c1. The van der Waals surface area contributed by atoms with Crippen molar-refractivity contribution in [1.29, 1.82) is 0 Å². The van der Waals surface area contributed by atoms with Gasteiger partial charge in [0.25, 0.3) is 0 Å². The molecule has 1 saturated heterocycles. The first-order valence-corrected chi connectivity index (χ1v) is 9.29. The summed E-state index contributed by atoms with van der Waals surface area (Å²) >= 11 is 0. The molecule has 0 aromatic heterocycles. The molecule has 0 spiro atoms. The highest BCUT2D eigenvalue weighted by atomic mass is 19.4. The van der Waals surface area contributed by atoms with E-state index >= 15 is 0 Å². The van der Waals surface area contributed by atoms with E-state index in [0.29, 0.717) is 18.1 Å². The van der Waals surface area contributed by atoms with Crippen molar-refractivity contribution < 1.29 is 17.6 Å². The minimum atomic E-state index is -4.54. The van der Waals surface area contributed by atoms with Gasteiger partial charge in [-0.15, -0.1) is 0 Å². The summed E-state index contributed by atoms with van der Waals surface area (Å²) in [5.74, 6) is -0.836. The van der Waals surface area contributed by atoms with Crippen LogP contribution in [0, 0.1) is 5.82 Å². The Labute approximate surface area is 156 Å². The number of alkyl halides is 3. The molecule has 1 nitrogen and oxygen atoms in total. The molecule has 2 aromatic rings. The van der Waals surface area contributed by atoms with Crippen LogP contribution in [0.5, 0.6) is 0 Å². The zero-order valence-corrected chi connectivity index (χ0v) is 14.8. The van der Waals surface area contributed by atoms with E-state index in [9.17, 15) is 17.6 Å². The van der Waals surface area contributed by atoms with Crippen LogP contribution in [-0.4, -0.2) is 17.0 Å². The van der Waals surface area contributed by atoms with E-state index in [1.165, 1.54) is 11.6 Å². The summed E-state index contributed by atoms with van der Waals surface area (Å²) in [5.41, 5.74) is 1.50. The van der Waals surface area contributed by atoms with E-state index in [2.05, 4.69) is 17.0 Å². The number of rotatable bonds is 3. The molecule has 4 rings (SSSR count). The van der Waals surface area contributed by atoms with E-state index < -0.39 is 17.6 Å². The summed E-state index contributed by atoms with van der Waals surface area (Å²) in [4.78, 5) is 2.44. The third-order valence-corrected chi connectivity index (χ3v) is 5.59. The number of piperidine rings is 1. The number of benzene rings is 2. The van der Waals surface area contributed by atoms with Crippen molar-refractivity contribution in [2.75, 3.05) is 0 Å². The quantitative estimate of drug-likeness (QED) is 0.590. The molecular weight excluding hydrogens is 354 g/mol. The van der Waals surface area contributed by atoms with Crippen LogP contribution in [0.2, 0.25) is 0 Å². The lowest BCUT2D eigenvalue weighted by Gasteiger charge is -2.45. The zero-order valence-electron chi connectivity index (χ0n) is 14.8. The predicted molar refractivity (Wildman–Crippen MR) is 97.4 cm³/mol. The van der Waals surface area contributed by atoms with Crippen molar-refractivity contribution in [3.05, 3.63) is 77.1 Å². The number of hydrogen-bond acceptors (Lipinski definition) is 1. The van der Waals surface area contributed by atoms with Crippen molar-refractivity contribution in [3.63, 3.8) is 0 Å². The minimum Gasteiger partial charge on any atom is -0.289 e. The molecule has 0 amide bonds. The highest BCUT2D eigenvalue weighted by Crippen LogP contribution is 2.39. The highest BCUT2D eigenvalue weighted by molar-refractivity contribution is 5.68. The maximum Gasteiger partial charge on any atom is 0.416 e. The molecule has 2 atom stereocenters. The Morgan fingerprint density at radius 2 is 1.78 bits per heavy atom. The number of fused-ring (bicyclic) bond motifs is 2. The molecule has 2 bridgehead atoms. The fourth-order valence-corrected chi connectivity index (χ4v) is 4.31. The first kappa shape index (κ1) is 18.2. The monoisotopic (exact) mass is 375 g/mol. The summed E-state index contributed by atoms with van der Waals surface area (Å²) in [7, 11) is 0. The second kappa shape index (κ2) is 7.12. The van der Waals surface area contributed by atoms with Crippen LogP contribution in [0.1, 0.15) is 42.4 Å². The van der Waals surface area contributed by atoms with Gasteiger partial charge in [0, 0.05) is 18.6 Å².